The smallest absolute Gasteiger partial charge is 0.261 e. The molecule has 3 rings (SSSR count). The van der Waals surface area contributed by atoms with Gasteiger partial charge in [0.25, 0.3) is 5.78 Å². The van der Waals surface area contributed by atoms with Gasteiger partial charge in [-0.1, -0.05) is 41.6 Å². The molecule has 126 valence electrons. The Morgan fingerprint density at radius 2 is 1.88 bits per heavy atom. The molecule has 0 atom stereocenters. The van der Waals surface area contributed by atoms with Crippen LogP contribution in [0, 0.1) is 0 Å². The lowest BCUT2D eigenvalue weighted by atomic mass is 10.2. The Labute approximate surface area is 149 Å². The van der Waals surface area contributed by atoms with Crippen molar-refractivity contribution in [2.24, 2.45) is 0 Å². The lowest BCUT2D eigenvalue weighted by Crippen LogP contribution is -2.11. The molecule has 0 aliphatic carbocycles. The highest BCUT2D eigenvalue weighted by atomic mass is 35.5. The summed E-state index contributed by atoms with van der Waals surface area (Å²) in [6.07, 6.45) is 0. The Morgan fingerprint density at radius 3 is 2.62 bits per heavy atom. The van der Waals surface area contributed by atoms with Crippen LogP contribution >= 0.6 is 23.4 Å². The quantitative estimate of drug-likeness (QED) is 0.623. The molecule has 2 aromatic heterocycles. The molecule has 2 N–H and O–H groups in total. The summed E-state index contributed by atoms with van der Waals surface area (Å²) >= 11 is 7.77. The first-order valence-corrected chi connectivity index (χ1v) is 9.06. The van der Waals surface area contributed by atoms with Gasteiger partial charge in [-0.25, -0.2) is 4.40 Å². The van der Waals surface area contributed by atoms with E-state index in [1.54, 1.807) is 11.8 Å². The molecular weight excluding hydrogens is 346 g/mol. The Hall–Kier alpha value is -2.06. The zero-order chi connectivity index (χ0) is 16.9. The number of rotatable bonds is 7. The van der Waals surface area contributed by atoms with E-state index in [4.69, 9.17) is 11.6 Å². The van der Waals surface area contributed by atoms with E-state index in [1.807, 2.05) is 42.5 Å². The number of anilines is 2. The van der Waals surface area contributed by atoms with Crippen LogP contribution in [-0.2, 0) is 5.75 Å². The van der Waals surface area contributed by atoms with Crippen LogP contribution in [0.1, 0.15) is 19.4 Å². The minimum absolute atomic E-state index is 0.513. The largest absolute Gasteiger partial charge is 0.355 e. The van der Waals surface area contributed by atoms with Crippen molar-refractivity contribution in [3.05, 3.63) is 34.9 Å². The standard InChI is InChI=1S/C15H18ClN7S/c1-3-17-12-19-13(18-4-2)23-14(20-12)21-22-15(23)24-9-10-7-5-6-8-11(10)16/h5-8H,3-4,9H2,1-2H3,(H2,17,18,19,20,21). The Bertz CT molecular complexity index is 836. The summed E-state index contributed by atoms with van der Waals surface area (Å²) in [5.74, 6) is 2.42. The molecule has 0 bridgehead atoms. The molecule has 1 aromatic carbocycles. The van der Waals surface area contributed by atoms with Crippen molar-refractivity contribution >= 4 is 41.0 Å². The van der Waals surface area contributed by atoms with E-state index in [1.165, 1.54) is 0 Å². The summed E-state index contributed by atoms with van der Waals surface area (Å²) in [6, 6.07) is 7.78. The van der Waals surface area contributed by atoms with Gasteiger partial charge in [-0.3, -0.25) is 0 Å². The summed E-state index contributed by atoms with van der Waals surface area (Å²) in [5, 5.41) is 16.2. The van der Waals surface area contributed by atoms with Gasteiger partial charge in [0.05, 0.1) is 0 Å². The molecule has 0 saturated heterocycles. The van der Waals surface area contributed by atoms with Gasteiger partial charge in [-0.15, -0.1) is 10.2 Å². The van der Waals surface area contributed by atoms with Crippen LogP contribution in [0.2, 0.25) is 5.02 Å². The van der Waals surface area contributed by atoms with Gasteiger partial charge in [0.1, 0.15) is 0 Å². The first-order chi connectivity index (χ1) is 11.7. The molecule has 0 unspecified atom stereocenters. The minimum Gasteiger partial charge on any atom is -0.355 e. The predicted octanol–water partition coefficient (Wildman–Crippen LogP) is 3.33. The van der Waals surface area contributed by atoms with Gasteiger partial charge >= 0.3 is 0 Å². The molecule has 2 heterocycles. The highest BCUT2D eigenvalue weighted by Crippen LogP contribution is 2.27. The lowest BCUT2D eigenvalue weighted by Gasteiger charge is -2.09. The van der Waals surface area contributed by atoms with Gasteiger partial charge in [-0.05, 0) is 25.5 Å². The van der Waals surface area contributed by atoms with Crippen LogP contribution in [-0.4, -0.2) is 37.7 Å². The zero-order valence-electron chi connectivity index (χ0n) is 13.5. The van der Waals surface area contributed by atoms with E-state index >= 15 is 0 Å². The van der Waals surface area contributed by atoms with Crippen molar-refractivity contribution in [3.8, 4) is 0 Å². The van der Waals surface area contributed by atoms with Gasteiger partial charge < -0.3 is 10.6 Å². The summed E-state index contributed by atoms with van der Waals surface area (Å²) in [4.78, 5) is 8.88. The molecule has 3 aromatic rings. The topological polar surface area (TPSA) is 80.0 Å². The number of thioether (sulfide) groups is 1. The second-order valence-corrected chi connectivity index (χ2v) is 6.28. The van der Waals surface area contributed by atoms with Crippen LogP contribution in [0.3, 0.4) is 0 Å². The number of nitrogens with zero attached hydrogens (tertiary/aromatic N) is 5. The molecule has 0 aliphatic heterocycles. The van der Waals surface area contributed by atoms with E-state index in [9.17, 15) is 0 Å². The van der Waals surface area contributed by atoms with Gasteiger partial charge in [0, 0.05) is 23.9 Å². The number of fused-ring (bicyclic) bond motifs is 1. The highest BCUT2D eigenvalue weighted by Gasteiger charge is 2.15. The SMILES string of the molecule is CCNc1nc(NCC)n2c(SCc3ccccc3Cl)nnc2n1. The molecule has 0 spiro atoms. The molecular formula is C15H18ClN7S. The van der Waals surface area contributed by atoms with Crippen LogP contribution < -0.4 is 10.6 Å². The fraction of sp³-hybridized carbons (Fsp3) is 0.333. The van der Waals surface area contributed by atoms with Crippen molar-refractivity contribution in [1.29, 1.82) is 0 Å². The summed E-state index contributed by atoms with van der Waals surface area (Å²) < 4.78 is 1.83. The number of nitrogens with one attached hydrogen (secondary N) is 2. The maximum absolute atomic E-state index is 6.22. The molecule has 7 nitrogen and oxygen atoms in total. The maximum atomic E-state index is 6.22. The first-order valence-electron chi connectivity index (χ1n) is 7.70. The van der Waals surface area contributed by atoms with E-state index in [0.29, 0.717) is 23.4 Å². The van der Waals surface area contributed by atoms with E-state index in [-0.39, 0.29) is 0 Å². The van der Waals surface area contributed by atoms with Crippen LogP contribution in [0.25, 0.3) is 5.78 Å². The van der Waals surface area contributed by atoms with Crippen molar-refractivity contribution in [2.75, 3.05) is 23.7 Å². The maximum Gasteiger partial charge on any atom is 0.261 e. The highest BCUT2D eigenvalue weighted by molar-refractivity contribution is 7.98. The summed E-state index contributed by atoms with van der Waals surface area (Å²) in [5.41, 5.74) is 1.05. The average molecular weight is 364 g/mol. The first kappa shape index (κ1) is 16.8. The molecule has 0 amide bonds. The summed E-state index contributed by atoms with van der Waals surface area (Å²) in [7, 11) is 0. The molecule has 0 saturated carbocycles. The number of halogens is 1. The van der Waals surface area contributed by atoms with Crippen LogP contribution in [0.15, 0.2) is 29.4 Å². The van der Waals surface area contributed by atoms with Crippen molar-refractivity contribution < 1.29 is 0 Å². The van der Waals surface area contributed by atoms with Gasteiger partial charge in [0.15, 0.2) is 5.16 Å². The fourth-order valence-electron chi connectivity index (χ4n) is 2.16. The van der Waals surface area contributed by atoms with Crippen molar-refractivity contribution in [3.63, 3.8) is 0 Å². The third-order valence-electron chi connectivity index (χ3n) is 3.23. The summed E-state index contributed by atoms with van der Waals surface area (Å²) in [6.45, 7) is 5.49. The third kappa shape index (κ3) is 3.54. The number of benzene rings is 1. The minimum atomic E-state index is 0.513. The monoisotopic (exact) mass is 363 g/mol. The molecule has 24 heavy (non-hydrogen) atoms. The number of aromatic nitrogens is 5. The van der Waals surface area contributed by atoms with E-state index in [0.717, 1.165) is 28.8 Å². The Morgan fingerprint density at radius 1 is 1.08 bits per heavy atom. The second kappa shape index (κ2) is 7.67. The average Bonchev–Trinajstić information content (AvgIpc) is 2.98. The van der Waals surface area contributed by atoms with Crippen molar-refractivity contribution in [2.45, 2.75) is 24.8 Å². The van der Waals surface area contributed by atoms with Crippen LogP contribution in [0.5, 0.6) is 0 Å². The van der Waals surface area contributed by atoms with Gasteiger partial charge in [-0.2, -0.15) is 9.97 Å². The van der Waals surface area contributed by atoms with Crippen molar-refractivity contribution in [1.82, 2.24) is 24.6 Å². The van der Waals surface area contributed by atoms with E-state index in [2.05, 4.69) is 30.8 Å². The normalized spacial score (nSPS) is 11.0. The lowest BCUT2D eigenvalue weighted by molar-refractivity contribution is 0.887. The fourth-order valence-corrected chi connectivity index (χ4v) is 3.37. The number of hydrogen-bond acceptors (Lipinski definition) is 7. The van der Waals surface area contributed by atoms with Gasteiger partial charge in [0.2, 0.25) is 11.9 Å². The molecule has 9 heteroatoms. The Kier molecular flexibility index (Phi) is 5.37. The predicted molar refractivity (Wildman–Crippen MR) is 97.9 cm³/mol. The third-order valence-corrected chi connectivity index (χ3v) is 4.58. The van der Waals surface area contributed by atoms with E-state index < -0.39 is 0 Å². The Balaban J connectivity index is 1.92. The van der Waals surface area contributed by atoms with Crippen LogP contribution in [0.4, 0.5) is 11.9 Å². The molecule has 0 fully saturated rings. The molecule has 0 aliphatic rings. The number of hydrogen-bond donors (Lipinski definition) is 2. The molecule has 0 radical (unpaired) electrons. The zero-order valence-corrected chi connectivity index (χ0v) is 15.0. The second-order valence-electron chi connectivity index (χ2n) is 4.93.